The van der Waals surface area contributed by atoms with Crippen LogP contribution < -0.4 is 10.1 Å². The highest BCUT2D eigenvalue weighted by Crippen LogP contribution is 2.22. The van der Waals surface area contributed by atoms with Crippen molar-refractivity contribution in [1.29, 1.82) is 0 Å². The molecule has 2 rings (SSSR count). The zero-order chi connectivity index (χ0) is 18.4. The third-order valence-corrected chi connectivity index (χ3v) is 5.02. The Labute approximate surface area is 151 Å². The van der Waals surface area contributed by atoms with Gasteiger partial charge in [0.05, 0.1) is 6.61 Å². The number of nitrogens with one attached hydrogen (secondary N) is 1. The first-order valence-electron chi connectivity index (χ1n) is 9.12. The average molecular weight is 348 g/mol. The first-order valence-corrected chi connectivity index (χ1v) is 9.12. The van der Waals surface area contributed by atoms with Crippen LogP contribution in [0.3, 0.4) is 0 Å². The van der Waals surface area contributed by atoms with Crippen LogP contribution in [0.2, 0.25) is 0 Å². The Balaban J connectivity index is 1.89. The van der Waals surface area contributed by atoms with E-state index in [2.05, 4.69) is 48.0 Å². The molecule has 0 radical (unpaired) electrons. The number of pyridine rings is 1. The lowest BCUT2D eigenvalue weighted by Gasteiger charge is -2.44. The molecule has 6 heteroatoms. The van der Waals surface area contributed by atoms with E-state index in [0.29, 0.717) is 30.6 Å². The summed E-state index contributed by atoms with van der Waals surface area (Å²) in [5.41, 5.74) is 0.517. The van der Waals surface area contributed by atoms with E-state index in [0.717, 1.165) is 13.1 Å². The lowest BCUT2D eigenvalue weighted by atomic mass is 9.95. The molecule has 140 valence electrons. The van der Waals surface area contributed by atoms with E-state index in [9.17, 15) is 4.79 Å². The van der Waals surface area contributed by atoms with Gasteiger partial charge >= 0.3 is 0 Å². The van der Waals surface area contributed by atoms with Crippen LogP contribution in [-0.2, 0) is 0 Å². The van der Waals surface area contributed by atoms with E-state index in [-0.39, 0.29) is 11.4 Å². The Morgan fingerprint density at radius 1 is 1.40 bits per heavy atom. The fourth-order valence-corrected chi connectivity index (χ4v) is 3.28. The summed E-state index contributed by atoms with van der Waals surface area (Å²) < 4.78 is 5.36. The molecule has 0 aromatic carbocycles. The molecule has 1 aliphatic heterocycles. The van der Waals surface area contributed by atoms with Gasteiger partial charge in [-0.05, 0) is 53.8 Å². The summed E-state index contributed by atoms with van der Waals surface area (Å²) >= 11 is 0. The summed E-state index contributed by atoms with van der Waals surface area (Å²) in [5, 5.41) is 3.07. The predicted molar refractivity (Wildman–Crippen MR) is 100 cm³/mol. The van der Waals surface area contributed by atoms with Gasteiger partial charge in [-0.3, -0.25) is 9.69 Å². The Hall–Kier alpha value is -1.66. The first kappa shape index (κ1) is 19.7. The van der Waals surface area contributed by atoms with Gasteiger partial charge in [0.25, 0.3) is 5.91 Å². The van der Waals surface area contributed by atoms with Crippen molar-refractivity contribution in [2.75, 3.05) is 40.3 Å². The molecule has 1 aliphatic rings. The van der Waals surface area contributed by atoms with Crippen LogP contribution in [0.15, 0.2) is 18.3 Å². The number of hydrogen-bond donors (Lipinski definition) is 1. The van der Waals surface area contributed by atoms with Gasteiger partial charge in [-0.15, -0.1) is 0 Å². The second-order valence-electron chi connectivity index (χ2n) is 7.49. The van der Waals surface area contributed by atoms with Gasteiger partial charge in [-0.1, -0.05) is 0 Å². The quantitative estimate of drug-likeness (QED) is 0.817. The van der Waals surface area contributed by atoms with Gasteiger partial charge < -0.3 is 15.0 Å². The van der Waals surface area contributed by atoms with Crippen molar-refractivity contribution in [2.45, 2.75) is 45.2 Å². The summed E-state index contributed by atoms with van der Waals surface area (Å²) in [6, 6.07) is 4.07. The molecular weight excluding hydrogens is 316 g/mol. The van der Waals surface area contributed by atoms with E-state index >= 15 is 0 Å². The lowest BCUT2D eigenvalue weighted by molar-refractivity contribution is 0.0587. The van der Waals surface area contributed by atoms with E-state index in [1.54, 1.807) is 18.3 Å². The van der Waals surface area contributed by atoms with Crippen LogP contribution >= 0.6 is 0 Å². The molecule has 1 aromatic heterocycles. The number of amides is 1. The minimum Gasteiger partial charge on any atom is -0.478 e. The van der Waals surface area contributed by atoms with Crippen molar-refractivity contribution >= 4 is 5.91 Å². The molecule has 0 atom stereocenters. The molecule has 25 heavy (non-hydrogen) atoms. The highest BCUT2D eigenvalue weighted by molar-refractivity contribution is 5.94. The van der Waals surface area contributed by atoms with Crippen molar-refractivity contribution in [3.05, 3.63) is 23.9 Å². The topological polar surface area (TPSA) is 57.7 Å². The molecule has 2 heterocycles. The van der Waals surface area contributed by atoms with Crippen molar-refractivity contribution in [2.24, 2.45) is 0 Å². The molecule has 1 fully saturated rings. The number of carbonyl (C=O) groups is 1. The number of carbonyl (C=O) groups excluding carboxylic acids is 1. The minimum absolute atomic E-state index is 0.0667. The number of likely N-dealkylation sites (tertiary alicyclic amines) is 1. The normalized spacial score (nSPS) is 16.9. The molecule has 1 aromatic rings. The third kappa shape index (κ3) is 5.41. The van der Waals surface area contributed by atoms with Gasteiger partial charge in [-0.2, -0.15) is 0 Å². The Bertz CT molecular complexity index is 566. The first-order chi connectivity index (χ1) is 11.8. The van der Waals surface area contributed by atoms with Gasteiger partial charge in [0, 0.05) is 49.0 Å². The van der Waals surface area contributed by atoms with Crippen molar-refractivity contribution in [3.8, 4) is 5.88 Å². The number of aromatic nitrogens is 1. The molecule has 0 saturated carbocycles. The largest absolute Gasteiger partial charge is 0.478 e. The van der Waals surface area contributed by atoms with Crippen LogP contribution in [0.4, 0.5) is 0 Å². The SMILES string of the molecule is CCOc1cc(C(=O)NCC(C)(C)N2CCC(N(C)C)CC2)ccn1. The standard InChI is InChI=1S/C19H32N4O2/c1-6-25-17-13-15(7-10-20-17)18(24)21-14-19(2,3)23-11-8-16(9-12-23)22(4)5/h7,10,13,16H,6,8-9,11-12,14H2,1-5H3,(H,21,24). The van der Waals surface area contributed by atoms with E-state index < -0.39 is 0 Å². The van der Waals surface area contributed by atoms with Crippen LogP contribution in [0.25, 0.3) is 0 Å². The highest BCUT2D eigenvalue weighted by Gasteiger charge is 2.31. The smallest absolute Gasteiger partial charge is 0.251 e. The number of ether oxygens (including phenoxy) is 1. The highest BCUT2D eigenvalue weighted by atomic mass is 16.5. The third-order valence-electron chi connectivity index (χ3n) is 5.02. The van der Waals surface area contributed by atoms with Crippen molar-refractivity contribution in [3.63, 3.8) is 0 Å². The van der Waals surface area contributed by atoms with Gasteiger partial charge in [0.1, 0.15) is 0 Å². The van der Waals surface area contributed by atoms with Gasteiger partial charge in [0.2, 0.25) is 5.88 Å². The Morgan fingerprint density at radius 2 is 2.08 bits per heavy atom. The van der Waals surface area contributed by atoms with Gasteiger partial charge in [-0.25, -0.2) is 4.98 Å². The second kappa shape index (κ2) is 8.63. The van der Waals surface area contributed by atoms with E-state index in [4.69, 9.17) is 4.74 Å². The van der Waals surface area contributed by atoms with E-state index in [1.807, 2.05) is 6.92 Å². The monoisotopic (exact) mass is 348 g/mol. The zero-order valence-electron chi connectivity index (χ0n) is 16.2. The number of rotatable bonds is 7. The molecule has 1 saturated heterocycles. The van der Waals surface area contributed by atoms with Gasteiger partial charge in [0.15, 0.2) is 0 Å². The van der Waals surface area contributed by atoms with Crippen molar-refractivity contribution < 1.29 is 9.53 Å². The lowest BCUT2D eigenvalue weighted by Crippen LogP contribution is -2.55. The zero-order valence-corrected chi connectivity index (χ0v) is 16.2. The van der Waals surface area contributed by atoms with Crippen LogP contribution in [-0.4, -0.2) is 72.6 Å². The molecule has 6 nitrogen and oxygen atoms in total. The molecule has 0 unspecified atom stereocenters. The summed E-state index contributed by atoms with van der Waals surface area (Å²) in [5.74, 6) is 0.403. The van der Waals surface area contributed by atoms with Crippen LogP contribution in [0.1, 0.15) is 44.0 Å². The molecule has 1 amide bonds. The molecule has 0 aliphatic carbocycles. The summed E-state index contributed by atoms with van der Waals surface area (Å²) in [4.78, 5) is 21.3. The minimum atomic E-state index is -0.0837. The Kier molecular flexibility index (Phi) is 6.79. The molecule has 0 bridgehead atoms. The second-order valence-corrected chi connectivity index (χ2v) is 7.49. The maximum absolute atomic E-state index is 12.5. The molecule has 1 N–H and O–H groups in total. The average Bonchev–Trinajstić information content (AvgIpc) is 2.60. The molecular formula is C19H32N4O2. The maximum Gasteiger partial charge on any atom is 0.251 e. The van der Waals surface area contributed by atoms with Crippen LogP contribution in [0, 0.1) is 0 Å². The van der Waals surface area contributed by atoms with Crippen LogP contribution in [0.5, 0.6) is 5.88 Å². The summed E-state index contributed by atoms with van der Waals surface area (Å²) in [6.07, 6.45) is 3.95. The predicted octanol–water partition coefficient (Wildman–Crippen LogP) is 2.01. The van der Waals surface area contributed by atoms with Crippen molar-refractivity contribution in [1.82, 2.24) is 20.1 Å². The number of nitrogens with zero attached hydrogens (tertiary/aromatic N) is 3. The molecule has 0 spiro atoms. The summed E-state index contributed by atoms with van der Waals surface area (Å²) in [6.45, 7) is 9.57. The Morgan fingerprint density at radius 3 is 2.68 bits per heavy atom. The summed E-state index contributed by atoms with van der Waals surface area (Å²) in [7, 11) is 4.30. The number of piperidine rings is 1. The maximum atomic E-state index is 12.5. The fraction of sp³-hybridized carbons (Fsp3) is 0.684. The fourth-order valence-electron chi connectivity index (χ4n) is 3.28. The van der Waals surface area contributed by atoms with E-state index in [1.165, 1.54) is 12.8 Å². The number of hydrogen-bond acceptors (Lipinski definition) is 5.